The molecule has 0 unspecified atom stereocenters. The van der Waals surface area contributed by atoms with E-state index in [1.54, 1.807) is 0 Å². The Kier molecular flexibility index (Phi) is 4.72. The molecule has 0 spiro atoms. The van der Waals surface area contributed by atoms with Crippen molar-refractivity contribution in [3.05, 3.63) is 32.9 Å². The van der Waals surface area contributed by atoms with Gasteiger partial charge in [-0.2, -0.15) is 0 Å². The van der Waals surface area contributed by atoms with E-state index in [2.05, 4.69) is 0 Å². The maximum absolute atomic E-state index is 13.9. The van der Waals surface area contributed by atoms with E-state index >= 15 is 0 Å². The number of hydrogen-bond acceptors (Lipinski definition) is 2. The predicted octanol–water partition coefficient (Wildman–Crippen LogP) is 2.87. The molecule has 1 saturated heterocycles. The SMILES string of the molecule is O=C(O)C1CCN(Cc2c(F)ccc(I)c2F)CC1. The highest BCUT2D eigenvalue weighted by atomic mass is 127. The average molecular weight is 381 g/mol. The fraction of sp³-hybridized carbons (Fsp3) is 0.462. The Labute approximate surface area is 123 Å². The predicted molar refractivity (Wildman–Crippen MR) is 74.7 cm³/mol. The molecule has 1 fully saturated rings. The summed E-state index contributed by atoms with van der Waals surface area (Å²) in [6.45, 7) is 1.31. The molecule has 0 bridgehead atoms. The van der Waals surface area contributed by atoms with Gasteiger partial charge in [-0.1, -0.05) is 0 Å². The average Bonchev–Trinajstić information content (AvgIpc) is 2.40. The van der Waals surface area contributed by atoms with Gasteiger partial charge in [0.15, 0.2) is 0 Å². The van der Waals surface area contributed by atoms with E-state index in [9.17, 15) is 13.6 Å². The third-order valence-electron chi connectivity index (χ3n) is 3.46. The van der Waals surface area contributed by atoms with Crippen LogP contribution in [0.2, 0.25) is 0 Å². The Morgan fingerprint density at radius 2 is 2.00 bits per heavy atom. The Bertz CT molecular complexity index is 488. The molecule has 1 aliphatic heterocycles. The van der Waals surface area contributed by atoms with Crippen molar-refractivity contribution in [2.24, 2.45) is 5.92 Å². The molecule has 19 heavy (non-hydrogen) atoms. The van der Waals surface area contributed by atoms with Crippen molar-refractivity contribution in [2.45, 2.75) is 19.4 Å². The van der Waals surface area contributed by atoms with E-state index in [1.165, 1.54) is 12.1 Å². The second-order valence-corrected chi connectivity index (χ2v) is 5.87. The summed E-state index contributed by atoms with van der Waals surface area (Å²) in [4.78, 5) is 12.7. The zero-order valence-electron chi connectivity index (χ0n) is 10.2. The molecule has 0 amide bonds. The smallest absolute Gasteiger partial charge is 0.306 e. The van der Waals surface area contributed by atoms with Gasteiger partial charge in [0.2, 0.25) is 0 Å². The number of carboxylic acids is 1. The fourth-order valence-electron chi connectivity index (χ4n) is 2.28. The van der Waals surface area contributed by atoms with E-state index in [0.717, 1.165) is 0 Å². The Morgan fingerprint density at radius 1 is 1.37 bits per heavy atom. The number of hydrogen-bond donors (Lipinski definition) is 1. The fourth-order valence-corrected chi connectivity index (χ4v) is 2.78. The van der Waals surface area contributed by atoms with Crippen LogP contribution in [0.1, 0.15) is 18.4 Å². The molecule has 0 saturated carbocycles. The number of aliphatic carboxylic acids is 1. The number of rotatable bonds is 3. The molecule has 1 N–H and O–H groups in total. The van der Waals surface area contributed by atoms with Crippen LogP contribution in [0.15, 0.2) is 12.1 Å². The molecule has 1 aliphatic rings. The van der Waals surface area contributed by atoms with Crippen molar-refractivity contribution in [1.82, 2.24) is 4.90 Å². The van der Waals surface area contributed by atoms with Crippen LogP contribution in [-0.2, 0) is 11.3 Å². The molecule has 0 radical (unpaired) electrons. The Hall–Kier alpha value is -0.760. The minimum atomic E-state index is -0.786. The molecule has 3 nitrogen and oxygen atoms in total. The highest BCUT2D eigenvalue weighted by molar-refractivity contribution is 14.1. The lowest BCUT2D eigenvalue weighted by Gasteiger charge is -2.30. The first-order valence-electron chi connectivity index (χ1n) is 6.06. The van der Waals surface area contributed by atoms with Gasteiger partial charge in [0.25, 0.3) is 0 Å². The summed E-state index contributed by atoms with van der Waals surface area (Å²) in [6.07, 6.45) is 1.06. The molecule has 6 heteroatoms. The summed E-state index contributed by atoms with van der Waals surface area (Å²) in [5.74, 6) is -2.17. The van der Waals surface area contributed by atoms with Crippen LogP contribution >= 0.6 is 22.6 Å². The van der Waals surface area contributed by atoms with Gasteiger partial charge in [-0.3, -0.25) is 9.69 Å². The van der Waals surface area contributed by atoms with E-state index in [4.69, 9.17) is 5.11 Å². The Balaban J connectivity index is 2.04. The second kappa shape index (κ2) is 6.13. The number of carbonyl (C=O) groups is 1. The lowest BCUT2D eigenvalue weighted by molar-refractivity contribution is -0.143. The first-order chi connectivity index (χ1) is 8.99. The second-order valence-electron chi connectivity index (χ2n) is 4.71. The van der Waals surface area contributed by atoms with Crippen LogP contribution in [0.4, 0.5) is 8.78 Å². The van der Waals surface area contributed by atoms with Gasteiger partial charge in [0.05, 0.1) is 5.92 Å². The van der Waals surface area contributed by atoms with Gasteiger partial charge in [0.1, 0.15) is 11.6 Å². The monoisotopic (exact) mass is 381 g/mol. The van der Waals surface area contributed by atoms with Gasteiger partial charge in [-0.25, -0.2) is 8.78 Å². The van der Waals surface area contributed by atoms with E-state index in [1.807, 2.05) is 27.5 Å². The standard InChI is InChI=1S/C13H14F2INO2/c14-10-1-2-11(16)12(15)9(10)7-17-5-3-8(4-6-17)13(18)19/h1-2,8H,3-7H2,(H,18,19). The van der Waals surface area contributed by atoms with Crippen LogP contribution in [0, 0.1) is 21.1 Å². The normalized spacial score (nSPS) is 17.6. The lowest BCUT2D eigenvalue weighted by atomic mass is 9.97. The molecule has 2 rings (SSSR count). The van der Waals surface area contributed by atoms with Crippen molar-refractivity contribution in [3.63, 3.8) is 0 Å². The van der Waals surface area contributed by atoms with Crippen LogP contribution in [-0.4, -0.2) is 29.1 Å². The van der Waals surface area contributed by atoms with Crippen LogP contribution in [0.3, 0.4) is 0 Å². The molecule has 0 atom stereocenters. The first kappa shape index (κ1) is 14.6. The Morgan fingerprint density at radius 3 is 2.58 bits per heavy atom. The number of benzene rings is 1. The zero-order chi connectivity index (χ0) is 14.0. The van der Waals surface area contributed by atoms with E-state index in [-0.39, 0.29) is 18.0 Å². The van der Waals surface area contributed by atoms with Crippen molar-refractivity contribution in [1.29, 1.82) is 0 Å². The summed E-state index contributed by atoms with van der Waals surface area (Å²) in [5, 5.41) is 8.90. The number of carboxylic acid groups (broad SMARTS) is 1. The highest BCUT2D eigenvalue weighted by Gasteiger charge is 2.25. The molecule has 1 aromatic rings. The molecule has 1 aromatic carbocycles. The number of halogens is 3. The van der Waals surface area contributed by atoms with Crippen LogP contribution < -0.4 is 0 Å². The third-order valence-corrected chi connectivity index (χ3v) is 4.29. The number of likely N-dealkylation sites (tertiary alicyclic amines) is 1. The molecule has 1 heterocycles. The van der Waals surface area contributed by atoms with Crippen molar-refractivity contribution in [2.75, 3.05) is 13.1 Å². The molecule has 0 aliphatic carbocycles. The lowest BCUT2D eigenvalue weighted by Crippen LogP contribution is -2.36. The summed E-state index contributed by atoms with van der Waals surface area (Å²) < 4.78 is 27.9. The maximum Gasteiger partial charge on any atom is 0.306 e. The van der Waals surface area contributed by atoms with Gasteiger partial charge in [-0.15, -0.1) is 0 Å². The molecular weight excluding hydrogens is 367 g/mol. The molecular formula is C13H14F2INO2. The summed E-state index contributed by atoms with van der Waals surface area (Å²) in [5.41, 5.74) is 0.0701. The third kappa shape index (κ3) is 3.42. The molecule has 0 aromatic heterocycles. The molecule has 104 valence electrons. The van der Waals surface area contributed by atoms with E-state index in [0.29, 0.717) is 29.5 Å². The maximum atomic E-state index is 13.9. The van der Waals surface area contributed by atoms with Crippen molar-refractivity contribution >= 4 is 28.6 Å². The van der Waals surface area contributed by atoms with Gasteiger partial charge >= 0.3 is 5.97 Å². The topological polar surface area (TPSA) is 40.5 Å². The van der Waals surface area contributed by atoms with Crippen LogP contribution in [0.25, 0.3) is 0 Å². The number of nitrogens with zero attached hydrogens (tertiary/aromatic N) is 1. The van der Waals surface area contributed by atoms with Crippen molar-refractivity contribution < 1.29 is 18.7 Å². The number of piperidine rings is 1. The van der Waals surface area contributed by atoms with Crippen LogP contribution in [0.5, 0.6) is 0 Å². The van der Waals surface area contributed by atoms with Gasteiger partial charge in [-0.05, 0) is 60.7 Å². The quantitative estimate of drug-likeness (QED) is 0.647. The minimum Gasteiger partial charge on any atom is -0.481 e. The zero-order valence-corrected chi connectivity index (χ0v) is 12.4. The van der Waals surface area contributed by atoms with Gasteiger partial charge < -0.3 is 5.11 Å². The first-order valence-corrected chi connectivity index (χ1v) is 7.14. The summed E-state index contributed by atoms with van der Waals surface area (Å²) in [6, 6.07) is 2.68. The van der Waals surface area contributed by atoms with Crippen molar-refractivity contribution in [3.8, 4) is 0 Å². The summed E-state index contributed by atoms with van der Waals surface area (Å²) in [7, 11) is 0. The minimum absolute atomic E-state index is 0.0701. The van der Waals surface area contributed by atoms with E-state index < -0.39 is 17.6 Å². The summed E-state index contributed by atoms with van der Waals surface area (Å²) >= 11 is 1.83. The largest absolute Gasteiger partial charge is 0.481 e. The van der Waals surface area contributed by atoms with Gasteiger partial charge in [0, 0.05) is 15.7 Å². The highest BCUT2D eigenvalue weighted by Crippen LogP contribution is 2.23.